The number of piperazine rings is 1. The highest BCUT2D eigenvalue weighted by Crippen LogP contribution is 2.25. The molecule has 0 atom stereocenters. The first-order valence-corrected chi connectivity index (χ1v) is 14.1. The first-order chi connectivity index (χ1) is 20.5. The van der Waals surface area contributed by atoms with E-state index in [4.69, 9.17) is 4.74 Å². The number of ether oxygens (including phenoxy) is 1. The van der Waals surface area contributed by atoms with Crippen LogP contribution in [-0.4, -0.2) is 88.0 Å². The van der Waals surface area contributed by atoms with E-state index in [1.54, 1.807) is 37.7 Å². The number of hydrogen-bond acceptors (Lipinski definition) is 8. The maximum Gasteiger partial charge on any atom is 0.244 e. The Morgan fingerprint density at radius 1 is 0.833 bits per heavy atom. The number of nitrogens with zero attached hydrogens (tertiary/aromatic N) is 8. The highest BCUT2D eigenvalue weighted by atomic mass is 19.1. The molecule has 42 heavy (non-hydrogen) atoms. The van der Waals surface area contributed by atoms with Gasteiger partial charge in [0, 0.05) is 63.6 Å². The smallest absolute Gasteiger partial charge is 0.244 e. The van der Waals surface area contributed by atoms with Crippen LogP contribution in [-0.2, 0) is 16.1 Å². The number of hydrogen-bond donors (Lipinski definition) is 0. The SMILES string of the molecule is COC1CCN(c2cc(N3CCN(C(=O)Cn4nc(-c5ccc(F)cc5)nc4-c4ccc(F)cc4)CC3)ncn2)CC1. The summed E-state index contributed by atoms with van der Waals surface area (Å²) in [5, 5.41) is 4.57. The van der Waals surface area contributed by atoms with Gasteiger partial charge in [-0.2, -0.15) is 0 Å². The van der Waals surface area contributed by atoms with Gasteiger partial charge < -0.3 is 19.4 Å². The van der Waals surface area contributed by atoms with Crippen LogP contribution >= 0.6 is 0 Å². The molecule has 0 spiro atoms. The molecule has 0 N–H and O–H groups in total. The van der Waals surface area contributed by atoms with Gasteiger partial charge in [-0.15, -0.1) is 5.10 Å². The van der Waals surface area contributed by atoms with Crippen LogP contribution in [0.5, 0.6) is 0 Å². The number of piperidine rings is 1. The molecule has 0 unspecified atom stereocenters. The Morgan fingerprint density at radius 3 is 2.00 bits per heavy atom. The summed E-state index contributed by atoms with van der Waals surface area (Å²) in [5.41, 5.74) is 1.24. The van der Waals surface area contributed by atoms with Crippen LogP contribution in [0.3, 0.4) is 0 Å². The van der Waals surface area contributed by atoms with E-state index >= 15 is 0 Å². The van der Waals surface area contributed by atoms with Crippen LogP contribution in [0.25, 0.3) is 22.8 Å². The van der Waals surface area contributed by atoms with Gasteiger partial charge in [0.15, 0.2) is 11.6 Å². The van der Waals surface area contributed by atoms with E-state index in [1.165, 1.54) is 28.9 Å². The zero-order valence-corrected chi connectivity index (χ0v) is 23.4. The molecule has 2 aromatic heterocycles. The number of carbonyl (C=O) groups excluding carboxylic acids is 1. The maximum absolute atomic E-state index is 13.6. The fourth-order valence-electron chi connectivity index (χ4n) is 5.40. The first kappa shape index (κ1) is 27.7. The van der Waals surface area contributed by atoms with Crippen molar-refractivity contribution in [2.24, 2.45) is 0 Å². The van der Waals surface area contributed by atoms with Crippen LogP contribution in [0.1, 0.15) is 12.8 Å². The second kappa shape index (κ2) is 12.2. The van der Waals surface area contributed by atoms with Crippen molar-refractivity contribution in [3.8, 4) is 22.8 Å². The van der Waals surface area contributed by atoms with Gasteiger partial charge >= 0.3 is 0 Å². The Labute approximate surface area is 242 Å². The number of aromatic nitrogens is 5. The minimum absolute atomic E-state index is 0.0318. The third-order valence-corrected chi connectivity index (χ3v) is 7.86. The van der Waals surface area contributed by atoms with Gasteiger partial charge in [0.2, 0.25) is 5.91 Å². The van der Waals surface area contributed by atoms with E-state index in [1.807, 2.05) is 11.0 Å². The van der Waals surface area contributed by atoms with E-state index in [0.29, 0.717) is 55.1 Å². The zero-order valence-electron chi connectivity index (χ0n) is 23.4. The third-order valence-electron chi connectivity index (χ3n) is 7.86. The molecule has 6 rings (SSSR count). The number of carbonyl (C=O) groups is 1. The van der Waals surface area contributed by atoms with Crippen molar-refractivity contribution >= 4 is 17.5 Å². The first-order valence-electron chi connectivity index (χ1n) is 14.1. The summed E-state index contributed by atoms with van der Waals surface area (Å²) >= 11 is 0. The Morgan fingerprint density at radius 2 is 1.40 bits per heavy atom. The van der Waals surface area contributed by atoms with Gasteiger partial charge in [-0.05, 0) is 61.4 Å². The quantitative estimate of drug-likeness (QED) is 0.331. The lowest BCUT2D eigenvalue weighted by atomic mass is 10.1. The fraction of sp³-hybridized carbons (Fsp3) is 0.367. The van der Waals surface area contributed by atoms with Gasteiger partial charge in [0.05, 0.1) is 6.10 Å². The summed E-state index contributed by atoms with van der Waals surface area (Å²) in [7, 11) is 1.76. The van der Waals surface area contributed by atoms with Crippen LogP contribution in [0.4, 0.5) is 20.4 Å². The number of benzene rings is 2. The Bertz CT molecular complexity index is 1510. The second-order valence-corrected chi connectivity index (χ2v) is 10.5. The predicted molar refractivity (Wildman–Crippen MR) is 154 cm³/mol. The van der Waals surface area contributed by atoms with Crippen molar-refractivity contribution < 1.29 is 18.3 Å². The lowest BCUT2D eigenvalue weighted by molar-refractivity contribution is -0.132. The summed E-state index contributed by atoms with van der Waals surface area (Å²) in [4.78, 5) is 33.3. The molecule has 2 saturated heterocycles. The summed E-state index contributed by atoms with van der Waals surface area (Å²) in [6, 6.07) is 13.7. The third kappa shape index (κ3) is 6.08. The fourth-order valence-corrected chi connectivity index (χ4v) is 5.40. The molecule has 0 bridgehead atoms. The highest BCUT2D eigenvalue weighted by molar-refractivity contribution is 5.77. The lowest BCUT2D eigenvalue weighted by Gasteiger charge is -2.36. The topological polar surface area (TPSA) is 92.5 Å². The average molecular weight is 575 g/mol. The van der Waals surface area contributed by atoms with E-state index in [0.717, 1.165) is 37.6 Å². The van der Waals surface area contributed by atoms with Crippen molar-refractivity contribution in [1.29, 1.82) is 0 Å². The zero-order chi connectivity index (χ0) is 29.1. The van der Waals surface area contributed by atoms with Crippen molar-refractivity contribution in [2.45, 2.75) is 25.5 Å². The minimum atomic E-state index is -0.371. The van der Waals surface area contributed by atoms with Crippen LogP contribution in [0, 0.1) is 11.6 Å². The van der Waals surface area contributed by atoms with Gasteiger partial charge in [-0.25, -0.2) is 28.4 Å². The van der Waals surface area contributed by atoms with E-state index in [2.05, 4.69) is 29.9 Å². The largest absolute Gasteiger partial charge is 0.381 e. The normalized spacial score (nSPS) is 16.2. The molecular formula is C30H32F2N8O2. The molecule has 218 valence electrons. The second-order valence-electron chi connectivity index (χ2n) is 10.5. The molecule has 0 aliphatic carbocycles. The van der Waals surface area contributed by atoms with Crippen molar-refractivity contribution in [3.05, 3.63) is 72.6 Å². The molecule has 1 amide bonds. The molecule has 10 nitrogen and oxygen atoms in total. The van der Waals surface area contributed by atoms with Gasteiger partial charge in [0.25, 0.3) is 0 Å². The standard InChI is InChI=1S/C30H32F2N8O2/c1-42-25-10-12-37(13-11-25)26-18-27(34-20-33-26)38-14-16-39(17-15-38)28(41)19-40-30(22-4-8-24(32)9-5-22)35-29(36-40)21-2-6-23(31)7-3-21/h2-9,18,20,25H,10-17,19H2,1H3. The molecule has 2 aliphatic rings. The number of amides is 1. The molecule has 0 radical (unpaired) electrons. The summed E-state index contributed by atoms with van der Waals surface area (Å²) in [6.45, 7) is 4.08. The van der Waals surface area contributed by atoms with Crippen molar-refractivity contribution in [1.82, 2.24) is 29.6 Å². The van der Waals surface area contributed by atoms with E-state index in [-0.39, 0.29) is 24.1 Å². The Kier molecular flexibility index (Phi) is 8.04. The van der Waals surface area contributed by atoms with Gasteiger partial charge in [-0.3, -0.25) is 4.79 Å². The molecule has 2 aromatic carbocycles. The molecular weight excluding hydrogens is 542 g/mol. The minimum Gasteiger partial charge on any atom is -0.381 e. The van der Waals surface area contributed by atoms with Crippen LogP contribution < -0.4 is 9.80 Å². The lowest BCUT2D eigenvalue weighted by Crippen LogP contribution is -2.50. The molecule has 4 heterocycles. The highest BCUT2D eigenvalue weighted by Gasteiger charge is 2.26. The summed E-state index contributed by atoms with van der Waals surface area (Å²) in [6.07, 6.45) is 3.84. The molecule has 0 saturated carbocycles. The maximum atomic E-state index is 13.6. The van der Waals surface area contributed by atoms with Gasteiger partial charge in [0.1, 0.15) is 36.1 Å². The van der Waals surface area contributed by atoms with Crippen LogP contribution in [0.15, 0.2) is 60.9 Å². The Hall–Kier alpha value is -4.45. The number of methoxy groups -OCH3 is 1. The Balaban J connectivity index is 1.13. The predicted octanol–water partition coefficient (Wildman–Crippen LogP) is 3.64. The molecule has 4 aromatic rings. The number of halogens is 2. The van der Waals surface area contributed by atoms with Crippen molar-refractivity contribution in [2.75, 3.05) is 56.2 Å². The van der Waals surface area contributed by atoms with E-state index < -0.39 is 0 Å². The van der Waals surface area contributed by atoms with Crippen LogP contribution in [0.2, 0.25) is 0 Å². The molecule has 2 aliphatic heterocycles. The summed E-state index contributed by atoms with van der Waals surface area (Å²) in [5.74, 6) is 1.71. The number of anilines is 2. The monoisotopic (exact) mass is 574 g/mol. The average Bonchev–Trinajstić information content (AvgIpc) is 3.45. The van der Waals surface area contributed by atoms with E-state index in [9.17, 15) is 13.6 Å². The number of rotatable bonds is 7. The van der Waals surface area contributed by atoms with Crippen molar-refractivity contribution in [3.63, 3.8) is 0 Å². The van der Waals surface area contributed by atoms with Gasteiger partial charge in [-0.1, -0.05) is 0 Å². The molecule has 12 heteroatoms. The summed E-state index contributed by atoms with van der Waals surface area (Å²) < 4.78 is 34.1. The molecule has 2 fully saturated rings.